The van der Waals surface area contributed by atoms with Gasteiger partial charge in [0, 0.05) is 11.4 Å². The molecule has 2 rings (SSSR count). The highest BCUT2D eigenvalue weighted by atomic mass is 35.5. The minimum atomic E-state index is -0.766. The first-order valence-corrected chi connectivity index (χ1v) is 6.88. The van der Waals surface area contributed by atoms with E-state index in [4.69, 9.17) is 21.1 Å². The van der Waals surface area contributed by atoms with Crippen molar-refractivity contribution >= 4 is 11.6 Å². The minimum Gasteiger partial charge on any atom is -0.496 e. The summed E-state index contributed by atoms with van der Waals surface area (Å²) in [7, 11) is 1.53. The van der Waals surface area contributed by atoms with Crippen molar-refractivity contribution in [2.24, 2.45) is 0 Å². The molecule has 21 heavy (non-hydrogen) atoms. The van der Waals surface area contributed by atoms with Gasteiger partial charge in [0.1, 0.15) is 12.4 Å². The van der Waals surface area contributed by atoms with E-state index in [0.29, 0.717) is 11.3 Å². The van der Waals surface area contributed by atoms with Crippen LogP contribution in [0.25, 0.3) is 0 Å². The van der Waals surface area contributed by atoms with Crippen LogP contribution in [0.1, 0.15) is 16.7 Å². The van der Waals surface area contributed by atoms with Gasteiger partial charge in [-0.25, -0.2) is 8.78 Å². The Morgan fingerprint density at radius 1 is 1.10 bits per heavy atom. The zero-order valence-corrected chi connectivity index (χ0v) is 12.5. The normalized spacial score (nSPS) is 10.5. The van der Waals surface area contributed by atoms with Gasteiger partial charge in [0.15, 0.2) is 17.4 Å². The summed E-state index contributed by atoms with van der Waals surface area (Å²) in [5.74, 6) is -1.29. The number of aryl methyl sites for hydroxylation is 1. The molecule has 0 fully saturated rings. The van der Waals surface area contributed by atoms with Crippen molar-refractivity contribution in [1.82, 2.24) is 0 Å². The lowest BCUT2D eigenvalue weighted by atomic mass is 10.1. The van der Waals surface area contributed by atoms with Gasteiger partial charge in [-0.2, -0.15) is 0 Å². The maximum atomic E-state index is 13.8. The van der Waals surface area contributed by atoms with Crippen LogP contribution < -0.4 is 9.47 Å². The van der Waals surface area contributed by atoms with Crippen LogP contribution >= 0.6 is 11.6 Å². The summed E-state index contributed by atoms with van der Waals surface area (Å²) < 4.78 is 38.1. The molecule has 2 nitrogen and oxygen atoms in total. The summed E-state index contributed by atoms with van der Waals surface area (Å²) >= 11 is 5.56. The van der Waals surface area contributed by atoms with E-state index < -0.39 is 17.4 Å². The molecule has 0 amide bonds. The molecule has 2 aromatic rings. The van der Waals surface area contributed by atoms with Gasteiger partial charge in [0.05, 0.1) is 7.11 Å². The molecule has 5 heteroatoms. The van der Waals surface area contributed by atoms with Crippen molar-refractivity contribution in [3.05, 3.63) is 58.7 Å². The largest absolute Gasteiger partial charge is 0.496 e. The van der Waals surface area contributed by atoms with E-state index in [-0.39, 0.29) is 12.5 Å². The highest BCUT2D eigenvalue weighted by Gasteiger charge is 2.14. The number of hydrogen-bond acceptors (Lipinski definition) is 2. The zero-order chi connectivity index (χ0) is 15.4. The summed E-state index contributed by atoms with van der Waals surface area (Å²) in [4.78, 5) is 0. The molecule has 0 radical (unpaired) electrons. The molecule has 0 bridgehead atoms. The summed E-state index contributed by atoms with van der Waals surface area (Å²) in [5.41, 5.74) is 2.10. The molecular formula is C16H15ClF2O2. The molecule has 0 aliphatic carbocycles. The van der Waals surface area contributed by atoms with Crippen molar-refractivity contribution in [3.8, 4) is 11.5 Å². The van der Waals surface area contributed by atoms with E-state index in [1.54, 1.807) is 6.07 Å². The third-order valence-corrected chi connectivity index (χ3v) is 3.33. The Morgan fingerprint density at radius 2 is 1.76 bits per heavy atom. The van der Waals surface area contributed by atoms with Crippen LogP contribution in [0, 0.1) is 18.6 Å². The number of alkyl halides is 1. The molecule has 2 aromatic carbocycles. The SMILES string of the molecule is COc1ccc(C)cc1COc1c(F)cc(CCl)cc1F. The number of hydrogen-bond donors (Lipinski definition) is 0. The molecule has 0 atom stereocenters. The molecule has 0 aliphatic rings. The van der Waals surface area contributed by atoms with Gasteiger partial charge in [0.2, 0.25) is 0 Å². The number of rotatable bonds is 5. The zero-order valence-electron chi connectivity index (χ0n) is 11.8. The Hall–Kier alpha value is -1.81. The first-order chi connectivity index (χ1) is 10.0. The van der Waals surface area contributed by atoms with Crippen molar-refractivity contribution in [3.63, 3.8) is 0 Å². The fourth-order valence-electron chi connectivity index (χ4n) is 2.00. The Bertz CT molecular complexity index is 621. The van der Waals surface area contributed by atoms with Gasteiger partial charge in [0.25, 0.3) is 0 Å². The highest BCUT2D eigenvalue weighted by molar-refractivity contribution is 6.17. The maximum absolute atomic E-state index is 13.8. The topological polar surface area (TPSA) is 18.5 Å². The van der Waals surface area contributed by atoms with Crippen LogP contribution in [0.3, 0.4) is 0 Å². The second-order valence-electron chi connectivity index (χ2n) is 4.63. The maximum Gasteiger partial charge on any atom is 0.191 e. The Morgan fingerprint density at radius 3 is 2.33 bits per heavy atom. The first-order valence-electron chi connectivity index (χ1n) is 6.35. The average molecular weight is 313 g/mol. The Balaban J connectivity index is 2.22. The van der Waals surface area contributed by atoms with Crippen LogP contribution in [-0.4, -0.2) is 7.11 Å². The van der Waals surface area contributed by atoms with E-state index >= 15 is 0 Å². The fraction of sp³-hybridized carbons (Fsp3) is 0.250. The van der Waals surface area contributed by atoms with Gasteiger partial charge in [-0.05, 0) is 36.8 Å². The lowest BCUT2D eigenvalue weighted by Gasteiger charge is -2.12. The van der Waals surface area contributed by atoms with Crippen LogP contribution in [0.2, 0.25) is 0 Å². The lowest BCUT2D eigenvalue weighted by molar-refractivity contribution is 0.267. The smallest absolute Gasteiger partial charge is 0.191 e. The molecule has 0 heterocycles. The molecule has 0 saturated carbocycles. The molecular weight excluding hydrogens is 298 g/mol. The number of benzene rings is 2. The predicted octanol–water partition coefficient (Wildman–Crippen LogP) is 4.60. The molecule has 0 aliphatic heterocycles. The molecule has 0 N–H and O–H groups in total. The Labute approximate surface area is 127 Å². The van der Waals surface area contributed by atoms with Gasteiger partial charge in [-0.3, -0.25) is 0 Å². The van der Waals surface area contributed by atoms with Crippen molar-refractivity contribution in [2.75, 3.05) is 7.11 Å². The number of halogens is 3. The van der Waals surface area contributed by atoms with Crippen molar-refractivity contribution < 1.29 is 18.3 Å². The van der Waals surface area contributed by atoms with E-state index in [9.17, 15) is 8.78 Å². The molecule has 0 saturated heterocycles. The minimum absolute atomic E-state index is 0.0128. The monoisotopic (exact) mass is 312 g/mol. The second-order valence-corrected chi connectivity index (χ2v) is 4.89. The summed E-state index contributed by atoms with van der Waals surface area (Å²) in [6.45, 7) is 1.93. The predicted molar refractivity (Wildman–Crippen MR) is 78.0 cm³/mol. The van der Waals surface area contributed by atoms with E-state index in [1.165, 1.54) is 19.2 Å². The summed E-state index contributed by atoms with van der Waals surface area (Å²) in [6, 6.07) is 7.86. The quantitative estimate of drug-likeness (QED) is 0.751. The summed E-state index contributed by atoms with van der Waals surface area (Å²) in [5, 5.41) is 0. The van der Waals surface area contributed by atoms with E-state index in [2.05, 4.69) is 0 Å². The average Bonchev–Trinajstić information content (AvgIpc) is 2.46. The Kier molecular flexibility index (Phi) is 5.02. The van der Waals surface area contributed by atoms with Crippen LogP contribution in [-0.2, 0) is 12.5 Å². The van der Waals surface area contributed by atoms with Gasteiger partial charge >= 0.3 is 0 Å². The van der Waals surface area contributed by atoms with Crippen molar-refractivity contribution in [1.29, 1.82) is 0 Å². The van der Waals surface area contributed by atoms with Gasteiger partial charge < -0.3 is 9.47 Å². The first kappa shape index (κ1) is 15.6. The third kappa shape index (κ3) is 3.64. The van der Waals surface area contributed by atoms with Crippen LogP contribution in [0.4, 0.5) is 8.78 Å². The van der Waals surface area contributed by atoms with Crippen LogP contribution in [0.5, 0.6) is 11.5 Å². The van der Waals surface area contributed by atoms with Crippen molar-refractivity contribution in [2.45, 2.75) is 19.4 Å². The summed E-state index contributed by atoms with van der Waals surface area (Å²) in [6.07, 6.45) is 0. The fourth-order valence-corrected chi connectivity index (χ4v) is 2.15. The van der Waals surface area contributed by atoms with Gasteiger partial charge in [-0.1, -0.05) is 11.6 Å². The number of methoxy groups -OCH3 is 1. The van der Waals surface area contributed by atoms with Crippen LogP contribution in [0.15, 0.2) is 30.3 Å². The molecule has 0 unspecified atom stereocenters. The molecule has 112 valence electrons. The molecule has 0 spiro atoms. The van der Waals surface area contributed by atoms with E-state index in [1.807, 2.05) is 19.1 Å². The standard InChI is InChI=1S/C16H15ClF2O2/c1-10-3-4-15(20-2)12(5-10)9-21-16-13(18)6-11(8-17)7-14(16)19/h3-7H,8-9H2,1-2H3. The lowest BCUT2D eigenvalue weighted by Crippen LogP contribution is -2.03. The van der Waals surface area contributed by atoms with Gasteiger partial charge in [-0.15, -0.1) is 11.6 Å². The number of ether oxygens (including phenoxy) is 2. The van der Waals surface area contributed by atoms with E-state index in [0.717, 1.165) is 11.1 Å². The third-order valence-electron chi connectivity index (χ3n) is 3.02. The molecule has 0 aromatic heterocycles. The highest BCUT2D eigenvalue weighted by Crippen LogP contribution is 2.27. The second kappa shape index (κ2) is 6.76.